The first-order valence-corrected chi connectivity index (χ1v) is 9.49. The molecule has 1 aromatic carbocycles. The Balaban J connectivity index is 2.04. The number of amides is 3. The summed E-state index contributed by atoms with van der Waals surface area (Å²) in [6, 6.07) is 8.87. The number of aryl methyl sites for hydroxylation is 2. The molecule has 1 aromatic heterocycles. The fraction of sp³-hybridized carbons (Fsp3) is 0.450. The van der Waals surface area contributed by atoms with Gasteiger partial charge in [-0.2, -0.15) is 0 Å². The minimum absolute atomic E-state index is 0.0785. The predicted octanol–water partition coefficient (Wildman–Crippen LogP) is 3.11. The average molecular weight is 387 g/mol. The van der Waals surface area contributed by atoms with Crippen molar-refractivity contribution in [1.29, 1.82) is 0 Å². The van der Waals surface area contributed by atoms with Crippen LogP contribution >= 0.6 is 0 Å². The van der Waals surface area contributed by atoms with Gasteiger partial charge in [0.05, 0.1) is 0 Å². The Morgan fingerprint density at radius 3 is 2.43 bits per heavy atom. The maximum atomic E-state index is 12.8. The molecule has 0 aliphatic carbocycles. The average Bonchev–Trinajstić information content (AvgIpc) is 3.06. The monoisotopic (exact) mass is 387 g/mol. The number of nitrogens with one attached hydrogen (secondary N) is 2. The standard InChI is InChI=1S/C20H29N5O3/c1-5-24(6-2)10-11-25(14-19(26)22-18-13-16(4)28-23-18)20(27)21-17-9-7-8-15(3)12-17/h7-9,12-13H,5-6,10-11,14H2,1-4H3,(H,21,27)(H,22,23,26). The predicted molar refractivity (Wildman–Crippen MR) is 109 cm³/mol. The molecule has 3 amide bonds. The molecule has 1 heterocycles. The van der Waals surface area contributed by atoms with E-state index in [-0.39, 0.29) is 18.5 Å². The van der Waals surface area contributed by atoms with Crippen molar-refractivity contribution in [3.05, 3.63) is 41.7 Å². The van der Waals surface area contributed by atoms with Crippen LogP contribution in [0.4, 0.5) is 16.3 Å². The highest BCUT2D eigenvalue weighted by Gasteiger charge is 2.19. The molecule has 0 atom stereocenters. The summed E-state index contributed by atoms with van der Waals surface area (Å²) in [6.07, 6.45) is 0. The van der Waals surface area contributed by atoms with Crippen LogP contribution in [-0.2, 0) is 4.79 Å². The summed E-state index contributed by atoms with van der Waals surface area (Å²) in [6.45, 7) is 10.7. The quantitative estimate of drug-likeness (QED) is 0.690. The number of hydrogen-bond acceptors (Lipinski definition) is 5. The van der Waals surface area contributed by atoms with Crippen LogP contribution in [0.3, 0.4) is 0 Å². The molecule has 0 fully saturated rings. The molecule has 0 spiro atoms. The van der Waals surface area contributed by atoms with E-state index in [2.05, 4.69) is 34.5 Å². The Morgan fingerprint density at radius 2 is 1.82 bits per heavy atom. The third-order valence-electron chi connectivity index (χ3n) is 4.37. The van der Waals surface area contributed by atoms with Gasteiger partial charge in [0.2, 0.25) is 5.91 Å². The third kappa shape index (κ3) is 6.70. The second-order valence-corrected chi connectivity index (χ2v) is 6.62. The van der Waals surface area contributed by atoms with Crippen molar-refractivity contribution >= 4 is 23.4 Å². The number of hydrogen-bond donors (Lipinski definition) is 2. The maximum Gasteiger partial charge on any atom is 0.322 e. The van der Waals surface area contributed by atoms with E-state index in [1.54, 1.807) is 13.0 Å². The Labute approximate surface area is 165 Å². The summed E-state index contributed by atoms with van der Waals surface area (Å²) >= 11 is 0. The van der Waals surface area contributed by atoms with Gasteiger partial charge >= 0.3 is 6.03 Å². The molecule has 0 aliphatic rings. The zero-order valence-corrected chi connectivity index (χ0v) is 17.0. The number of benzene rings is 1. The molecule has 2 N–H and O–H groups in total. The maximum absolute atomic E-state index is 12.8. The number of nitrogens with zero attached hydrogens (tertiary/aromatic N) is 3. The molecule has 2 rings (SSSR count). The van der Waals surface area contributed by atoms with E-state index in [4.69, 9.17) is 4.52 Å². The van der Waals surface area contributed by atoms with Crippen molar-refractivity contribution in [1.82, 2.24) is 15.0 Å². The number of likely N-dealkylation sites (N-methyl/N-ethyl adjacent to an activating group) is 1. The van der Waals surface area contributed by atoms with Crippen LogP contribution in [0.15, 0.2) is 34.9 Å². The van der Waals surface area contributed by atoms with Gasteiger partial charge in [-0.25, -0.2) is 4.79 Å². The van der Waals surface area contributed by atoms with Gasteiger partial charge in [0.1, 0.15) is 12.3 Å². The zero-order chi connectivity index (χ0) is 20.5. The van der Waals surface area contributed by atoms with Crippen LogP contribution in [-0.4, -0.2) is 59.6 Å². The number of urea groups is 1. The summed E-state index contributed by atoms with van der Waals surface area (Å²) < 4.78 is 4.95. The van der Waals surface area contributed by atoms with Crippen LogP contribution in [0.1, 0.15) is 25.2 Å². The first kappa shape index (κ1) is 21.4. The highest BCUT2D eigenvalue weighted by molar-refractivity contribution is 5.96. The van der Waals surface area contributed by atoms with Crippen molar-refractivity contribution in [2.75, 3.05) is 43.4 Å². The zero-order valence-electron chi connectivity index (χ0n) is 17.0. The molecule has 8 nitrogen and oxygen atoms in total. The van der Waals surface area contributed by atoms with Gasteiger partial charge in [-0.05, 0) is 44.6 Å². The van der Waals surface area contributed by atoms with Crippen molar-refractivity contribution < 1.29 is 14.1 Å². The van der Waals surface area contributed by atoms with Crippen molar-refractivity contribution in [2.45, 2.75) is 27.7 Å². The lowest BCUT2D eigenvalue weighted by Crippen LogP contribution is -2.44. The lowest BCUT2D eigenvalue weighted by Gasteiger charge is -2.26. The normalized spacial score (nSPS) is 10.8. The summed E-state index contributed by atoms with van der Waals surface area (Å²) in [5, 5.41) is 9.28. The molecule has 28 heavy (non-hydrogen) atoms. The summed E-state index contributed by atoms with van der Waals surface area (Å²) in [7, 11) is 0. The number of carbonyl (C=O) groups excluding carboxylic acids is 2. The van der Waals surface area contributed by atoms with Crippen LogP contribution in [0, 0.1) is 13.8 Å². The van der Waals surface area contributed by atoms with Gasteiger partial charge in [-0.3, -0.25) is 4.79 Å². The summed E-state index contributed by atoms with van der Waals surface area (Å²) in [5.74, 6) is 0.614. The molecular formula is C20H29N5O3. The van der Waals surface area contributed by atoms with E-state index in [0.29, 0.717) is 30.4 Å². The van der Waals surface area contributed by atoms with Gasteiger partial charge < -0.3 is 25.0 Å². The fourth-order valence-corrected chi connectivity index (χ4v) is 2.76. The van der Waals surface area contributed by atoms with Crippen LogP contribution < -0.4 is 10.6 Å². The molecule has 0 unspecified atom stereocenters. The number of rotatable bonds is 9. The Hall–Kier alpha value is -2.87. The minimum Gasteiger partial charge on any atom is -0.360 e. The molecule has 0 aliphatic heterocycles. The Morgan fingerprint density at radius 1 is 1.07 bits per heavy atom. The number of anilines is 2. The van der Waals surface area contributed by atoms with Gasteiger partial charge in [0, 0.05) is 24.8 Å². The first-order valence-electron chi connectivity index (χ1n) is 9.49. The second-order valence-electron chi connectivity index (χ2n) is 6.62. The lowest BCUT2D eigenvalue weighted by atomic mass is 10.2. The minimum atomic E-state index is -0.327. The van der Waals surface area contributed by atoms with Crippen molar-refractivity contribution in [2.24, 2.45) is 0 Å². The number of aromatic nitrogens is 1. The molecule has 152 valence electrons. The van der Waals surface area contributed by atoms with E-state index < -0.39 is 0 Å². The second kappa shape index (κ2) is 10.5. The molecule has 0 saturated carbocycles. The van der Waals surface area contributed by atoms with Crippen LogP contribution in [0.2, 0.25) is 0 Å². The Bertz CT molecular complexity index is 786. The van der Waals surface area contributed by atoms with E-state index in [9.17, 15) is 9.59 Å². The largest absolute Gasteiger partial charge is 0.360 e. The van der Waals surface area contributed by atoms with Crippen LogP contribution in [0.25, 0.3) is 0 Å². The van der Waals surface area contributed by atoms with Gasteiger partial charge in [0.25, 0.3) is 0 Å². The summed E-state index contributed by atoms with van der Waals surface area (Å²) in [4.78, 5) is 28.9. The number of carbonyl (C=O) groups is 2. The molecule has 0 saturated heterocycles. The van der Waals surface area contributed by atoms with Gasteiger partial charge in [0.15, 0.2) is 5.82 Å². The van der Waals surface area contributed by atoms with Gasteiger partial charge in [-0.15, -0.1) is 0 Å². The fourth-order valence-electron chi connectivity index (χ4n) is 2.76. The van der Waals surface area contributed by atoms with E-state index >= 15 is 0 Å². The summed E-state index contributed by atoms with van der Waals surface area (Å²) in [5.41, 5.74) is 1.75. The highest BCUT2D eigenvalue weighted by Crippen LogP contribution is 2.11. The Kier molecular flexibility index (Phi) is 8.01. The van der Waals surface area contributed by atoms with Crippen molar-refractivity contribution in [3.8, 4) is 0 Å². The van der Waals surface area contributed by atoms with Crippen LogP contribution in [0.5, 0.6) is 0 Å². The smallest absolute Gasteiger partial charge is 0.322 e. The molecule has 8 heteroatoms. The lowest BCUT2D eigenvalue weighted by molar-refractivity contribution is -0.116. The molecule has 0 bridgehead atoms. The SMILES string of the molecule is CCN(CC)CCN(CC(=O)Nc1cc(C)on1)C(=O)Nc1cccc(C)c1. The third-order valence-corrected chi connectivity index (χ3v) is 4.37. The molecule has 2 aromatic rings. The first-order chi connectivity index (χ1) is 13.4. The van der Waals surface area contributed by atoms with E-state index in [0.717, 1.165) is 18.7 Å². The highest BCUT2D eigenvalue weighted by atomic mass is 16.5. The van der Waals surface area contributed by atoms with E-state index in [1.807, 2.05) is 31.2 Å². The van der Waals surface area contributed by atoms with Crippen molar-refractivity contribution in [3.63, 3.8) is 0 Å². The topological polar surface area (TPSA) is 90.7 Å². The van der Waals surface area contributed by atoms with E-state index in [1.165, 1.54) is 4.90 Å². The van der Waals surface area contributed by atoms with Gasteiger partial charge in [-0.1, -0.05) is 31.1 Å². The molecular weight excluding hydrogens is 358 g/mol. The molecule has 0 radical (unpaired) electrons.